The number of nitrogens with one attached hydrogen (secondary N) is 1. The van der Waals surface area contributed by atoms with Crippen LogP contribution in [0.5, 0.6) is 11.5 Å². The Morgan fingerprint density at radius 3 is 2.62 bits per heavy atom. The lowest BCUT2D eigenvalue weighted by Gasteiger charge is -2.17. The van der Waals surface area contributed by atoms with Gasteiger partial charge in [0.25, 0.3) is 5.56 Å². The van der Waals surface area contributed by atoms with E-state index in [9.17, 15) is 26.7 Å². The zero-order chi connectivity index (χ0) is 18.1. The van der Waals surface area contributed by atoms with Gasteiger partial charge in [-0.25, -0.2) is 18.2 Å². The number of benzene rings is 1. The molecule has 0 atom stereocenters. The van der Waals surface area contributed by atoms with E-state index in [-0.39, 0.29) is 5.02 Å². The summed E-state index contributed by atoms with van der Waals surface area (Å²) in [5.41, 5.74) is -3.63. The fraction of sp³-hybridized carbons (Fsp3) is 0.154. The van der Waals surface area contributed by atoms with Crippen LogP contribution >= 0.6 is 11.6 Å². The van der Waals surface area contributed by atoms with Crippen molar-refractivity contribution < 1.29 is 26.7 Å². The Morgan fingerprint density at radius 1 is 1.38 bits per heavy atom. The molecule has 0 bridgehead atoms. The molecule has 1 aromatic carbocycles. The predicted octanol–water partition coefficient (Wildman–Crippen LogP) is 3.58. The maximum atomic E-state index is 14.0. The molecule has 0 aliphatic rings. The van der Waals surface area contributed by atoms with Crippen molar-refractivity contribution in [3.63, 3.8) is 0 Å². The number of hydrogen-bond donors (Lipinski definition) is 1. The van der Waals surface area contributed by atoms with E-state index in [0.29, 0.717) is 6.33 Å². The lowest BCUT2D eigenvalue weighted by atomic mass is 10.2. The molecule has 1 N–H and O–H groups in total. The molecule has 2 rings (SSSR count). The number of nitriles is 1. The first-order valence-electron chi connectivity index (χ1n) is 5.99. The minimum absolute atomic E-state index is 0.203. The molecule has 1 aromatic heterocycles. The molecule has 0 spiro atoms. The van der Waals surface area contributed by atoms with Gasteiger partial charge >= 0.3 is 12.3 Å². The Bertz CT molecular complexity index is 879. The van der Waals surface area contributed by atoms with E-state index in [1.165, 1.54) is 6.07 Å². The van der Waals surface area contributed by atoms with E-state index in [2.05, 4.69) is 4.98 Å². The first-order chi connectivity index (χ1) is 11.2. The van der Waals surface area contributed by atoms with Crippen LogP contribution in [0.1, 0.15) is 11.3 Å². The molecule has 0 saturated carbocycles. The third-order valence-corrected chi connectivity index (χ3v) is 2.96. The zero-order valence-electron chi connectivity index (χ0n) is 11.3. The summed E-state index contributed by atoms with van der Waals surface area (Å²) in [5.74, 6) is -8.34. The highest BCUT2D eigenvalue weighted by atomic mass is 35.5. The predicted molar refractivity (Wildman–Crippen MR) is 71.0 cm³/mol. The lowest BCUT2D eigenvalue weighted by Crippen LogP contribution is -2.28. The summed E-state index contributed by atoms with van der Waals surface area (Å²) >= 11 is 5.62. The summed E-state index contributed by atoms with van der Waals surface area (Å²) in [5, 5.41) is 8.54. The van der Waals surface area contributed by atoms with Gasteiger partial charge in [-0.2, -0.15) is 14.0 Å². The van der Waals surface area contributed by atoms with E-state index in [0.717, 1.165) is 12.1 Å². The van der Waals surface area contributed by atoms with Crippen LogP contribution in [0.3, 0.4) is 0 Å². The van der Waals surface area contributed by atoms with Gasteiger partial charge in [-0.1, -0.05) is 11.6 Å². The van der Waals surface area contributed by atoms with Gasteiger partial charge in [0.1, 0.15) is 6.07 Å². The number of halogens is 6. The Kier molecular flexibility index (Phi) is 4.75. The molecule has 11 heteroatoms. The molecule has 24 heavy (non-hydrogen) atoms. The van der Waals surface area contributed by atoms with Crippen LogP contribution in [0.4, 0.5) is 22.0 Å². The van der Waals surface area contributed by atoms with Gasteiger partial charge in [0.2, 0.25) is 5.75 Å². The summed E-state index contributed by atoms with van der Waals surface area (Å²) in [6.07, 6.45) is -3.72. The number of rotatable bonds is 4. The van der Waals surface area contributed by atoms with Crippen LogP contribution in [-0.4, -0.2) is 16.4 Å². The van der Waals surface area contributed by atoms with E-state index in [1.807, 2.05) is 4.98 Å². The highest BCUT2D eigenvalue weighted by Gasteiger charge is 2.47. The SMILES string of the molecule is N#Cc1cc(Cl)cc(Oc2c(C(F)(F)C(F)F)nc[nH]c2=O)c1F. The van der Waals surface area contributed by atoms with Crippen molar-refractivity contribution >= 4 is 11.6 Å². The zero-order valence-corrected chi connectivity index (χ0v) is 12.0. The minimum Gasteiger partial charge on any atom is -0.446 e. The van der Waals surface area contributed by atoms with Crippen LogP contribution in [0.15, 0.2) is 23.3 Å². The normalized spacial score (nSPS) is 11.4. The van der Waals surface area contributed by atoms with Crippen LogP contribution in [0.25, 0.3) is 0 Å². The summed E-state index contributed by atoms with van der Waals surface area (Å²) in [6.45, 7) is 0. The quantitative estimate of drug-likeness (QED) is 0.840. The highest BCUT2D eigenvalue weighted by Crippen LogP contribution is 2.39. The molecule has 0 amide bonds. The molecule has 0 aliphatic carbocycles. The fourth-order valence-corrected chi connectivity index (χ4v) is 1.86. The first kappa shape index (κ1) is 17.7. The molecule has 0 fully saturated rings. The Balaban J connectivity index is 2.63. The first-order valence-corrected chi connectivity index (χ1v) is 6.37. The average Bonchev–Trinajstić information content (AvgIpc) is 2.51. The third kappa shape index (κ3) is 3.16. The number of alkyl halides is 4. The number of aromatic nitrogens is 2. The van der Waals surface area contributed by atoms with E-state index in [4.69, 9.17) is 21.6 Å². The maximum Gasteiger partial charge on any atom is 0.352 e. The number of hydrogen-bond acceptors (Lipinski definition) is 4. The average molecular weight is 366 g/mol. The van der Waals surface area contributed by atoms with Crippen molar-refractivity contribution in [2.24, 2.45) is 0 Å². The molecule has 1 heterocycles. The van der Waals surface area contributed by atoms with Crippen molar-refractivity contribution in [1.82, 2.24) is 9.97 Å². The standard InChI is InChI=1S/C13H5ClF5N3O2/c14-6-1-5(3-20)8(15)7(2-6)24-9-10(13(18,19)12(16)17)21-4-22-11(9)23/h1-2,4,12H,(H,21,22,23). The molecule has 0 unspecified atom stereocenters. The van der Waals surface area contributed by atoms with Gasteiger partial charge in [0.05, 0.1) is 11.9 Å². The molecule has 0 aliphatic heterocycles. The number of nitrogens with zero attached hydrogens (tertiary/aromatic N) is 2. The van der Waals surface area contributed by atoms with Crippen LogP contribution in [0.2, 0.25) is 5.02 Å². The van der Waals surface area contributed by atoms with Crippen LogP contribution < -0.4 is 10.3 Å². The van der Waals surface area contributed by atoms with Crippen molar-refractivity contribution in [3.05, 3.63) is 50.9 Å². The summed E-state index contributed by atoms with van der Waals surface area (Å²) in [6, 6.07) is 3.14. The van der Waals surface area contributed by atoms with Gasteiger partial charge in [-0.05, 0) is 6.07 Å². The minimum atomic E-state index is -4.82. The largest absolute Gasteiger partial charge is 0.446 e. The second-order valence-corrected chi connectivity index (χ2v) is 4.75. The van der Waals surface area contributed by atoms with Gasteiger partial charge < -0.3 is 9.72 Å². The Labute approximate surface area is 135 Å². The van der Waals surface area contributed by atoms with Crippen molar-refractivity contribution in [2.45, 2.75) is 12.3 Å². The summed E-state index contributed by atoms with van der Waals surface area (Å²) in [4.78, 5) is 16.5. The smallest absolute Gasteiger partial charge is 0.352 e. The molecule has 126 valence electrons. The molecule has 0 radical (unpaired) electrons. The third-order valence-electron chi connectivity index (χ3n) is 2.74. The van der Waals surface area contributed by atoms with Gasteiger partial charge in [-0.15, -0.1) is 0 Å². The van der Waals surface area contributed by atoms with Crippen molar-refractivity contribution in [2.75, 3.05) is 0 Å². The lowest BCUT2D eigenvalue weighted by molar-refractivity contribution is -0.139. The highest BCUT2D eigenvalue weighted by molar-refractivity contribution is 6.30. The van der Waals surface area contributed by atoms with Gasteiger partial charge in [0, 0.05) is 11.1 Å². The number of aromatic amines is 1. The molecule has 0 saturated heterocycles. The summed E-state index contributed by atoms with van der Waals surface area (Å²) in [7, 11) is 0. The second kappa shape index (κ2) is 6.45. The fourth-order valence-electron chi connectivity index (χ4n) is 1.65. The monoisotopic (exact) mass is 365 g/mol. The molecule has 2 aromatic rings. The van der Waals surface area contributed by atoms with Crippen molar-refractivity contribution in [3.8, 4) is 17.6 Å². The topological polar surface area (TPSA) is 78.8 Å². The van der Waals surface area contributed by atoms with E-state index in [1.54, 1.807) is 0 Å². The Hall–Kier alpha value is -2.67. The van der Waals surface area contributed by atoms with Crippen molar-refractivity contribution in [1.29, 1.82) is 5.26 Å². The maximum absolute atomic E-state index is 14.0. The summed E-state index contributed by atoms with van der Waals surface area (Å²) < 4.78 is 70.8. The molecular formula is C13H5ClF5N3O2. The van der Waals surface area contributed by atoms with E-state index < -0.39 is 46.5 Å². The Morgan fingerprint density at radius 2 is 2.04 bits per heavy atom. The number of ether oxygens (including phenoxy) is 1. The molecule has 5 nitrogen and oxygen atoms in total. The van der Waals surface area contributed by atoms with Crippen LogP contribution in [0, 0.1) is 17.1 Å². The van der Waals surface area contributed by atoms with Crippen LogP contribution in [-0.2, 0) is 5.92 Å². The van der Waals surface area contributed by atoms with Gasteiger partial charge in [-0.3, -0.25) is 4.79 Å². The number of H-pyrrole nitrogens is 1. The second-order valence-electron chi connectivity index (χ2n) is 4.31. The molecular weight excluding hydrogens is 361 g/mol. The van der Waals surface area contributed by atoms with Gasteiger partial charge in [0.15, 0.2) is 17.3 Å². The van der Waals surface area contributed by atoms with E-state index >= 15 is 0 Å².